The van der Waals surface area contributed by atoms with Crippen molar-refractivity contribution in [3.63, 3.8) is 0 Å². The number of carboxylic acids is 1. The number of hydrogen-bond acceptors (Lipinski definition) is 8. The number of aliphatic carboxylic acids is 1. The highest BCUT2D eigenvalue weighted by Gasteiger charge is 2.32. The largest absolute Gasteiger partial charge is 0.481 e. The van der Waals surface area contributed by atoms with E-state index in [0.29, 0.717) is 38.0 Å². The maximum atomic E-state index is 12.0. The van der Waals surface area contributed by atoms with Gasteiger partial charge >= 0.3 is 5.97 Å². The highest BCUT2D eigenvalue weighted by molar-refractivity contribution is 7.99. The van der Waals surface area contributed by atoms with Gasteiger partial charge in [0, 0.05) is 37.1 Å². The molecule has 0 unspecified atom stereocenters. The number of hydrogen-bond donors (Lipinski definition) is 4. The van der Waals surface area contributed by atoms with E-state index in [1.54, 1.807) is 11.8 Å². The number of unbranched alkanes of at least 4 members (excludes halogenated alkanes) is 1. The van der Waals surface area contributed by atoms with Gasteiger partial charge in [0.05, 0.1) is 18.8 Å². The molecule has 38 heavy (non-hydrogen) atoms. The summed E-state index contributed by atoms with van der Waals surface area (Å²) in [6.07, 6.45) is 2.74. The number of nitrogens with zero attached hydrogens (tertiary/aromatic N) is 2. The van der Waals surface area contributed by atoms with E-state index in [1.165, 1.54) is 6.33 Å². The topological polar surface area (TPSA) is 147 Å². The highest BCUT2D eigenvalue weighted by Crippen LogP contribution is 2.39. The number of H-pyrrole nitrogens is 1. The van der Waals surface area contributed by atoms with Crippen molar-refractivity contribution in [2.24, 2.45) is 0 Å². The van der Waals surface area contributed by atoms with Gasteiger partial charge in [-0.05, 0) is 29.5 Å². The highest BCUT2D eigenvalue weighted by atomic mass is 32.2. The van der Waals surface area contributed by atoms with E-state index < -0.39 is 12.3 Å². The van der Waals surface area contributed by atoms with Crippen molar-refractivity contribution in [3.8, 4) is 0 Å². The van der Waals surface area contributed by atoms with Gasteiger partial charge in [-0.25, -0.2) is 4.98 Å². The molecule has 1 saturated heterocycles. The second-order valence-corrected chi connectivity index (χ2v) is 10.1. The molecular weight excluding hydrogens is 508 g/mol. The van der Waals surface area contributed by atoms with Gasteiger partial charge in [-0.3, -0.25) is 14.7 Å². The van der Waals surface area contributed by atoms with Crippen LogP contribution in [-0.2, 0) is 32.2 Å². The van der Waals surface area contributed by atoms with E-state index in [9.17, 15) is 14.7 Å². The molecule has 0 bridgehead atoms. The van der Waals surface area contributed by atoms with Gasteiger partial charge in [0.1, 0.15) is 6.33 Å². The average Bonchev–Trinajstić information content (AvgIpc) is 3.47. The summed E-state index contributed by atoms with van der Waals surface area (Å²) in [7, 11) is 0. The number of carbonyl (C=O) groups excluding carboxylic acids is 1. The summed E-state index contributed by atoms with van der Waals surface area (Å²) < 4.78 is 12.7. The number of benzene rings is 2. The van der Waals surface area contributed by atoms with Crippen LogP contribution in [0, 0.1) is 0 Å². The second kappa shape index (κ2) is 14.1. The van der Waals surface area contributed by atoms with E-state index in [4.69, 9.17) is 14.6 Å². The summed E-state index contributed by atoms with van der Waals surface area (Å²) in [4.78, 5) is 26.8. The first-order valence-electron chi connectivity index (χ1n) is 12.6. The standard InChI is InChI=1S/C27H32N4O6S/c32-15-19-7-9-20(10-8-19)23-13-22(16-38-27-29-17-30-31-27)36-26(37-23)21-11-5-18(6-12-21)14-28-24(33)3-1-2-4-25(34)35/h5-12,17,22-23,26,32H,1-4,13-16H2,(H,28,33)(H,34,35)(H,29,30,31)/t22-,23+,26+/m1/s1. The van der Waals surface area contributed by atoms with E-state index in [2.05, 4.69) is 20.5 Å². The molecule has 10 nitrogen and oxygen atoms in total. The Hall–Kier alpha value is -3.25. The average molecular weight is 541 g/mol. The fraction of sp³-hybridized carbons (Fsp3) is 0.407. The van der Waals surface area contributed by atoms with Gasteiger partial charge in [0.25, 0.3) is 0 Å². The molecule has 0 saturated carbocycles. The summed E-state index contributed by atoms with van der Waals surface area (Å²) >= 11 is 1.54. The molecule has 2 aromatic carbocycles. The molecule has 202 valence electrons. The lowest BCUT2D eigenvalue weighted by atomic mass is 10.0. The smallest absolute Gasteiger partial charge is 0.303 e. The van der Waals surface area contributed by atoms with Gasteiger partial charge in [0.15, 0.2) is 11.4 Å². The van der Waals surface area contributed by atoms with Crippen molar-refractivity contribution in [2.45, 2.75) is 68.9 Å². The van der Waals surface area contributed by atoms with E-state index in [1.807, 2.05) is 48.5 Å². The Morgan fingerprint density at radius 1 is 1.00 bits per heavy atom. The van der Waals surface area contributed by atoms with Crippen molar-refractivity contribution in [3.05, 3.63) is 77.1 Å². The van der Waals surface area contributed by atoms with Gasteiger partial charge in [-0.1, -0.05) is 60.3 Å². The minimum Gasteiger partial charge on any atom is -0.481 e. The number of carbonyl (C=O) groups is 2. The number of aromatic nitrogens is 3. The maximum Gasteiger partial charge on any atom is 0.303 e. The Morgan fingerprint density at radius 2 is 1.71 bits per heavy atom. The van der Waals surface area contributed by atoms with Crippen LogP contribution in [0.15, 0.2) is 60.0 Å². The first-order valence-corrected chi connectivity index (χ1v) is 13.5. The van der Waals surface area contributed by atoms with Crippen LogP contribution in [-0.4, -0.2) is 49.1 Å². The van der Waals surface area contributed by atoms with E-state index in [-0.39, 0.29) is 31.1 Å². The zero-order valence-electron chi connectivity index (χ0n) is 20.9. The predicted octanol–water partition coefficient (Wildman–Crippen LogP) is 3.90. The Morgan fingerprint density at radius 3 is 2.39 bits per heavy atom. The zero-order valence-corrected chi connectivity index (χ0v) is 21.7. The minimum atomic E-state index is -0.845. The molecule has 0 radical (unpaired) electrons. The van der Waals surface area contributed by atoms with Crippen LogP contribution >= 0.6 is 11.8 Å². The van der Waals surface area contributed by atoms with Crippen LogP contribution < -0.4 is 5.32 Å². The molecule has 11 heteroatoms. The number of thioether (sulfide) groups is 1. The molecule has 1 fully saturated rings. The molecule has 2 heterocycles. The first kappa shape index (κ1) is 27.8. The summed E-state index contributed by atoms with van der Waals surface area (Å²) in [5.41, 5.74) is 3.68. The number of nitrogens with one attached hydrogen (secondary N) is 2. The summed E-state index contributed by atoms with van der Waals surface area (Å²) in [6.45, 7) is 0.381. The Balaban J connectivity index is 1.36. The molecule has 0 spiro atoms. The SMILES string of the molecule is O=C(O)CCCCC(=O)NCc1ccc([C@H]2O[C@@H](CSc3ncn[nH]3)C[C@@H](c3ccc(CO)cc3)O2)cc1. The number of ether oxygens (including phenoxy) is 2. The predicted molar refractivity (Wildman–Crippen MR) is 140 cm³/mol. The Bertz CT molecular complexity index is 1160. The third-order valence-electron chi connectivity index (χ3n) is 6.20. The number of amides is 1. The zero-order chi connectivity index (χ0) is 26.7. The van der Waals surface area contributed by atoms with Crippen molar-refractivity contribution >= 4 is 23.6 Å². The molecule has 0 aliphatic carbocycles. The van der Waals surface area contributed by atoms with Crippen LogP contribution in [0.3, 0.4) is 0 Å². The number of aliphatic hydroxyl groups excluding tert-OH is 1. The normalized spacial score (nSPS) is 19.2. The van der Waals surface area contributed by atoms with Crippen LogP contribution in [0.1, 0.15) is 66.8 Å². The quantitative estimate of drug-likeness (QED) is 0.187. The van der Waals surface area contributed by atoms with Crippen molar-refractivity contribution in [1.29, 1.82) is 0 Å². The van der Waals surface area contributed by atoms with Crippen molar-refractivity contribution in [2.75, 3.05) is 5.75 Å². The maximum absolute atomic E-state index is 12.0. The Labute approximate surface area is 225 Å². The monoisotopic (exact) mass is 540 g/mol. The van der Waals surface area contributed by atoms with E-state index >= 15 is 0 Å². The lowest BCUT2D eigenvalue weighted by molar-refractivity contribution is -0.245. The van der Waals surface area contributed by atoms with Crippen LogP contribution in [0.2, 0.25) is 0 Å². The number of carboxylic acid groups (broad SMARTS) is 1. The molecule has 1 aliphatic heterocycles. The molecule has 4 N–H and O–H groups in total. The van der Waals surface area contributed by atoms with Gasteiger partial charge < -0.3 is 25.0 Å². The molecule has 1 aromatic heterocycles. The summed E-state index contributed by atoms with van der Waals surface area (Å²) in [6, 6.07) is 15.5. The fourth-order valence-electron chi connectivity index (χ4n) is 4.10. The molecular formula is C27H32N4O6S. The van der Waals surface area contributed by atoms with Gasteiger partial charge in [0.2, 0.25) is 5.91 Å². The molecule has 3 atom stereocenters. The summed E-state index contributed by atoms with van der Waals surface area (Å²) in [5.74, 6) is -0.264. The van der Waals surface area contributed by atoms with Gasteiger partial charge in [-0.15, -0.1) is 0 Å². The third-order valence-corrected chi connectivity index (χ3v) is 7.21. The number of aromatic amines is 1. The lowest BCUT2D eigenvalue weighted by Gasteiger charge is -2.36. The van der Waals surface area contributed by atoms with E-state index in [0.717, 1.165) is 27.4 Å². The van der Waals surface area contributed by atoms with Crippen molar-refractivity contribution in [1.82, 2.24) is 20.5 Å². The molecule has 1 aliphatic rings. The summed E-state index contributed by atoms with van der Waals surface area (Å²) in [5, 5.41) is 28.4. The first-order chi connectivity index (χ1) is 18.5. The third kappa shape index (κ3) is 8.38. The van der Waals surface area contributed by atoms with Crippen LogP contribution in [0.5, 0.6) is 0 Å². The second-order valence-electron chi connectivity index (χ2n) is 9.07. The van der Waals surface area contributed by atoms with Crippen LogP contribution in [0.25, 0.3) is 0 Å². The molecule has 1 amide bonds. The molecule has 3 aromatic rings. The lowest BCUT2D eigenvalue weighted by Crippen LogP contribution is -2.31. The molecule has 4 rings (SSSR count). The fourth-order valence-corrected chi connectivity index (χ4v) is 4.90. The minimum absolute atomic E-state index is 0.00842. The number of aliphatic hydroxyl groups is 1. The Kier molecular flexibility index (Phi) is 10.3. The number of rotatable bonds is 13. The van der Waals surface area contributed by atoms with Crippen LogP contribution in [0.4, 0.5) is 0 Å². The van der Waals surface area contributed by atoms with Crippen molar-refractivity contribution < 1.29 is 29.3 Å². The van der Waals surface area contributed by atoms with Gasteiger partial charge in [-0.2, -0.15) is 5.10 Å².